The predicted octanol–water partition coefficient (Wildman–Crippen LogP) is 0.288. The van der Waals surface area contributed by atoms with Gasteiger partial charge in [0, 0.05) is 0 Å². The number of rotatable bonds is 1. The summed E-state index contributed by atoms with van der Waals surface area (Å²) >= 11 is 0. The molecule has 2 heteroatoms. The van der Waals surface area contributed by atoms with Crippen LogP contribution in [-0.4, -0.2) is 17.5 Å². The molecule has 0 bridgehead atoms. The summed E-state index contributed by atoms with van der Waals surface area (Å²) in [5.74, 6) is -0.338. The van der Waals surface area contributed by atoms with E-state index in [-0.39, 0.29) is 5.92 Å². The van der Waals surface area contributed by atoms with Crippen molar-refractivity contribution in [2.45, 2.75) is 6.10 Å². The number of hydrogen-bond acceptors (Lipinski definition) is 2. The Hall–Kier alpha value is -0.890. The third-order valence-electron chi connectivity index (χ3n) is 1.30. The molecule has 0 saturated heterocycles. The molecule has 2 unspecified atom stereocenters. The second-order valence-corrected chi connectivity index (χ2v) is 1.97. The highest BCUT2D eigenvalue weighted by molar-refractivity contribution is 5.59. The van der Waals surface area contributed by atoms with E-state index in [0.29, 0.717) is 0 Å². The normalized spacial score (nSPS) is 32.6. The summed E-state index contributed by atoms with van der Waals surface area (Å²) in [5.41, 5.74) is 0. The minimum Gasteiger partial charge on any atom is -0.388 e. The van der Waals surface area contributed by atoms with Gasteiger partial charge in [0.15, 0.2) is 0 Å². The van der Waals surface area contributed by atoms with Crippen LogP contribution >= 0.6 is 0 Å². The number of aliphatic hydroxyl groups is 1. The maximum Gasteiger partial charge on any atom is 0.129 e. The van der Waals surface area contributed by atoms with Crippen LogP contribution < -0.4 is 0 Å². The Morgan fingerprint density at radius 3 is 2.44 bits per heavy atom. The summed E-state index contributed by atoms with van der Waals surface area (Å²) in [7, 11) is 0. The van der Waals surface area contributed by atoms with Crippen molar-refractivity contribution in [3.8, 4) is 0 Å². The van der Waals surface area contributed by atoms with Gasteiger partial charge in [-0.3, -0.25) is 0 Å². The van der Waals surface area contributed by atoms with E-state index in [1.807, 2.05) is 0 Å². The highest BCUT2D eigenvalue weighted by atomic mass is 16.3. The average Bonchev–Trinajstić information content (AvgIpc) is 1.89. The Morgan fingerprint density at radius 2 is 2.00 bits per heavy atom. The molecule has 0 aromatic rings. The summed E-state index contributed by atoms with van der Waals surface area (Å²) in [4.78, 5) is 10.1. The Kier molecular flexibility index (Phi) is 1.80. The van der Waals surface area contributed by atoms with Crippen LogP contribution in [0.25, 0.3) is 0 Å². The van der Waals surface area contributed by atoms with Gasteiger partial charge >= 0.3 is 0 Å². The first-order chi connectivity index (χ1) is 4.34. The van der Waals surface area contributed by atoms with Crippen molar-refractivity contribution in [1.82, 2.24) is 0 Å². The SMILES string of the molecule is O=CC1C=CC=CC1O. The van der Waals surface area contributed by atoms with Crippen LogP contribution in [0, 0.1) is 5.92 Å². The second-order valence-electron chi connectivity index (χ2n) is 1.97. The van der Waals surface area contributed by atoms with Crippen molar-refractivity contribution in [2.24, 2.45) is 5.92 Å². The Labute approximate surface area is 53.5 Å². The second kappa shape index (κ2) is 2.60. The van der Waals surface area contributed by atoms with Crippen LogP contribution in [0.5, 0.6) is 0 Å². The van der Waals surface area contributed by atoms with Crippen LogP contribution in [0.15, 0.2) is 24.3 Å². The summed E-state index contributed by atoms with van der Waals surface area (Å²) in [5, 5.41) is 9.00. The fraction of sp³-hybridized carbons (Fsp3) is 0.286. The molecule has 0 spiro atoms. The highest BCUT2D eigenvalue weighted by Gasteiger charge is 2.13. The maximum absolute atomic E-state index is 10.1. The van der Waals surface area contributed by atoms with Gasteiger partial charge in [0.2, 0.25) is 0 Å². The third-order valence-corrected chi connectivity index (χ3v) is 1.30. The molecule has 1 N–H and O–H groups in total. The lowest BCUT2D eigenvalue weighted by Crippen LogP contribution is -2.18. The first-order valence-corrected chi connectivity index (χ1v) is 2.83. The Balaban J connectivity index is 2.65. The lowest BCUT2D eigenvalue weighted by Gasteiger charge is -2.11. The molecular formula is C7H8O2. The molecule has 1 aliphatic rings. The van der Waals surface area contributed by atoms with Crippen molar-refractivity contribution in [2.75, 3.05) is 0 Å². The minimum atomic E-state index is -0.618. The fourth-order valence-electron chi connectivity index (χ4n) is 0.738. The zero-order valence-corrected chi connectivity index (χ0v) is 4.90. The van der Waals surface area contributed by atoms with Gasteiger partial charge in [0.25, 0.3) is 0 Å². The highest BCUT2D eigenvalue weighted by Crippen LogP contribution is 2.08. The molecule has 0 fully saturated rings. The lowest BCUT2D eigenvalue weighted by molar-refractivity contribution is -0.111. The zero-order valence-electron chi connectivity index (χ0n) is 4.90. The summed E-state index contributed by atoms with van der Waals surface area (Å²) in [6.07, 6.45) is 6.88. The van der Waals surface area contributed by atoms with Gasteiger partial charge in [0.05, 0.1) is 12.0 Å². The average molecular weight is 124 g/mol. The molecule has 1 aliphatic carbocycles. The third kappa shape index (κ3) is 1.27. The quantitative estimate of drug-likeness (QED) is 0.510. The van der Waals surface area contributed by atoms with Gasteiger partial charge in [-0.15, -0.1) is 0 Å². The van der Waals surface area contributed by atoms with Crippen molar-refractivity contribution >= 4 is 6.29 Å². The zero-order chi connectivity index (χ0) is 6.69. The van der Waals surface area contributed by atoms with Gasteiger partial charge in [-0.2, -0.15) is 0 Å². The van der Waals surface area contributed by atoms with E-state index in [9.17, 15) is 4.79 Å². The monoisotopic (exact) mass is 124 g/mol. The fourth-order valence-corrected chi connectivity index (χ4v) is 0.738. The smallest absolute Gasteiger partial charge is 0.129 e. The largest absolute Gasteiger partial charge is 0.388 e. The summed E-state index contributed by atoms with van der Waals surface area (Å²) in [6, 6.07) is 0. The summed E-state index contributed by atoms with van der Waals surface area (Å²) < 4.78 is 0. The number of aldehydes is 1. The lowest BCUT2D eigenvalue weighted by atomic mass is 10.00. The molecule has 2 nitrogen and oxygen atoms in total. The van der Waals surface area contributed by atoms with Gasteiger partial charge in [-0.05, 0) is 0 Å². The van der Waals surface area contributed by atoms with Crippen LogP contribution in [0.4, 0.5) is 0 Å². The molecule has 0 radical (unpaired) electrons. The molecule has 0 heterocycles. The van der Waals surface area contributed by atoms with Crippen LogP contribution in [0.3, 0.4) is 0 Å². The van der Waals surface area contributed by atoms with Gasteiger partial charge in [-0.1, -0.05) is 24.3 Å². The van der Waals surface area contributed by atoms with Gasteiger partial charge < -0.3 is 9.90 Å². The Morgan fingerprint density at radius 1 is 1.33 bits per heavy atom. The number of hydrogen-bond donors (Lipinski definition) is 1. The van der Waals surface area contributed by atoms with E-state index in [2.05, 4.69) is 0 Å². The van der Waals surface area contributed by atoms with Crippen molar-refractivity contribution in [1.29, 1.82) is 0 Å². The molecule has 1 rings (SSSR count). The molecule has 0 aromatic carbocycles. The van der Waals surface area contributed by atoms with Crippen LogP contribution in [0.1, 0.15) is 0 Å². The number of allylic oxidation sites excluding steroid dienone is 2. The summed E-state index contributed by atoms with van der Waals surface area (Å²) in [6.45, 7) is 0. The maximum atomic E-state index is 10.1. The van der Waals surface area contributed by atoms with Gasteiger partial charge in [-0.25, -0.2) is 0 Å². The van der Waals surface area contributed by atoms with Crippen LogP contribution in [-0.2, 0) is 4.79 Å². The molecule has 0 aliphatic heterocycles. The molecule has 0 saturated carbocycles. The molecule has 48 valence electrons. The molecular weight excluding hydrogens is 116 g/mol. The van der Waals surface area contributed by atoms with Crippen LogP contribution in [0.2, 0.25) is 0 Å². The molecule has 0 aromatic heterocycles. The van der Waals surface area contributed by atoms with E-state index in [1.165, 1.54) is 0 Å². The number of carbonyl (C=O) groups excluding carboxylic acids is 1. The van der Waals surface area contributed by atoms with Crippen molar-refractivity contribution in [3.63, 3.8) is 0 Å². The van der Waals surface area contributed by atoms with Crippen molar-refractivity contribution in [3.05, 3.63) is 24.3 Å². The molecule has 2 atom stereocenters. The van der Waals surface area contributed by atoms with Crippen molar-refractivity contribution < 1.29 is 9.90 Å². The number of aliphatic hydroxyl groups excluding tert-OH is 1. The molecule has 9 heavy (non-hydrogen) atoms. The van der Waals surface area contributed by atoms with E-state index in [1.54, 1.807) is 24.3 Å². The number of carbonyl (C=O) groups is 1. The minimum absolute atomic E-state index is 0.338. The van der Waals surface area contributed by atoms with E-state index in [0.717, 1.165) is 6.29 Å². The first-order valence-electron chi connectivity index (χ1n) is 2.83. The van der Waals surface area contributed by atoms with E-state index >= 15 is 0 Å². The first kappa shape index (κ1) is 6.23. The van der Waals surface area contributed by atoms with Gasteiger partial charge in [0.1, 0.15) is 6.29 Å². The van der Waals surface area contributed by atoms with E-state index < -0.39 is 6.10 Å². The Bertz CT molecular complexity index is 158. The standard InChI is InChI=1S/C7H8O2/c8-5-6-3-1-2-4-7(6)9/h1-7,9H. The van der Waals surface area contributed by atoms with E-state index in [4.69, 9.17) is 5.11 Å². The topological polar surface area (TPSA) is 37.3 Å². The molecule has 0 amide bonds. The predicted molar refractivity (Wildman–Crippen MR) is 33.8 cm³/mol.